The summed E-state index contributed by atoms with van der Waals surface area (Å²) in [6.07, 6.45) is 3.11. The van der Waals surface area contributed by atoms with E-state index in [-0.39, 0.29) is 6.42 Å². The van der Waals surface area contributed by atoms with Crippen LogP contribution in [0.1, 0.15) is 15.9 Å². The van der Waals surface area contributed by atoms with E-state index in [2.05, 4.69) is 10.3 Å². The molecule has 0 spiro atoms. The lowest BCUT2D eigenvalue weighted by Gasteiger charge is -2.18. The summed E-state index contributed by atoms with van der Waals surface area (Å²) in [5, 5.41) is 3.47. The number of esters is 1. The molecule has 2 aromatic rings. The average molecular weight is 353 g/mol. The van der Waals surface area contributed by atoms with Crippen LogP contribution in [0, 0.1) is 0 Å². The molecule has 2 rings (SSSR count). The van der Waals surface area contributed by atoms with Crippen LogP contribution in [-0.4, -0.2) is 30.0 Å². The second kappa shape index (κ2) is 7.94. The number of carbonyl (C=O) groups excluding carboxylic acids is 2. The molecule has 1 N–H and O–H groups in total. The largest absolute Gasteiger partial charge is 0.467 e. The predicted molar refractivity (Wildman–Crippen MR) is 87.7 cm³/mol. The minimum atomic E-state index is -0.905. The van der Waals surface area contributed by atoms with E-state index in [1.54, 1.807) is 30.3 Å². The van der Waals surface area contributed by atoms with Crippen molar-refractivity contribution in [3.05, 3.63) is 63.9 Å². The number of ether oxygens (including phenoxy) is 1. The van der Waals surface area contributed by atoms with Crippen molar-refractivity contribution in [1.29, 1.82) is 0 Å². The number of halogens is 2. The van der Waals surface area contributed by atoms with Crippen LogP contribution in [0.25, 0.3) is 0 Å². The van der Waals surface area contributed by atoms with Crippen LogP contribution in [-0.2, 0) is 16.0 Å². The molecule has 0 aliphatic carbocycles. The zero-order valence-corrected chi connectivity index (χ0v) is 13.8. The van der Waals surface area contributed by atoms with Gasteiger partial charge in [0.05, 0.1) is 7.11 Å². The quantitative estimate of drug-likeness (QED) is 0.840. The molecule has 0 unspecified atom stereocenters. The summed E-state index contributed by atoms with van der Waals surface area (Å²) in [7, 11) is 1.25. The molecule has 1 amide bonds. The third kappa shape index (κ3) is 4.43. The smallest absolute Gasteiger partial charge is 0.328 e. The Morgan fingerprint density at radius 1 is 1.17 bits per heavy atom. The van der Waals surface area contributed by atoms with Gasteiger partial charge < -0.3 is 10.1 Å². The maximum atomic E-state index is 12.2. The molecule has 1 aromatic heterocycles. The Kier molecular flexibility index (Phi) is 5.96. The normalized spacial score (nSPS) is 11.6. The first-order chi connectivity index (χ1) is 11.0. The summed E-state index contributed by atoms with van der Waals surface area (Å²) < 4.78 is 4.75. The van der Waals surface area contributed by atoms with Gasteiger partial charge in [-0.25, -0.2) is 4.79 Å². The van der Waals surface area contributed by atoms with Gasteiger partial charge in [0.2, 0.25) is 0 Å². The number of nitrogens with one attached hydrogen (secondary N) is 1. The molecule has 1 heterocycles. The highest BCUT2D eigenvalue weighted by atomic mass is 35.5. The molecule has 0 saturated carbocycles. The van der Waals surface area contributed by atoms with Gasteiger partial charge in [-0.1, -0.05) is 29.3 Å². The summed E-state index contributed by atoms with van der Waals surface area (Å²) >= 11 is 12.2. The van der Waals surface area contributed by atoms with Crippen LogP contribution in [0.15, 0.2) is 42.7 Å². The lowest BCUT2D eigenvalue weighted by molar-refractivity contribution is -0.142. The molecule has 23 heavy (non-hydrogen) atoms. The number of pyridine rings is 1. The van der Waals surface area contributed by atoms with Gasteiger partial charge in [-0.2, -0.15) is 0 Å². The van der Waals surface area contributed by atoms with Gasteiger partial charge in [-0.15, -0.1) is 0 Å². The summed E-state index contributed by atoms with van der Waals surface area (Å²) in [4.78, 5) is 28.0. The van der Waals surface area contributed by atoms with E-state index < -0.39 is 17.9 Å². The fraction of sp³-hybridized carbons (Fsp3) is 0.188. The zero-order chi connectivity index (χ0) is 16.8. The summed E-state index contributed by atoms with van der Waals surface area (Å²) in [5.41, 5.74) is 0.959. The molecule has 0 aliphatic heterocycles. The third-order valence-corrected chi connectivity index (χ3v) is 3.91. The van der Waals surface area contributed by atoms with Crippen molar-refractivity contribution in [3.63, 3.8) is 0 Å². The van der Waals surface area contributed by atoms with E-state index in [0.717, 1.165) is 0 Å². The van der Waals surface area contributed by atoms with Gasteiger partial charge in [0, 0.05) is 34.4 Å². The van der Waals surface area contributed by atoms with E-state index in [0.29, 0.717) is 21.2 Å². The number of nitrogens with zero attached hydrogens (tertiary/aromatic N) is 1. The minimum absolute atomic E-state index is 0.127. The molecule has 0 aliphatic rings. The molecule has 5 nitrogen and oxygen atoms in total. The Labute approximate surface area is 143 Å². The average Bonchev–Trinajstić information content (AvgIpc) is 2.57. The Bertz CT molecular complexity index is 687. The number of hydrogen-bond donors (Lipinski definition) is 1. The Balaban J connectivity index is 2.21. The number of benzene rings is 1. The SMILES string of the molecule is COC(=O)[C@H](Cc1c(Cl)cccc1Cl)NC(=O)c1ccncc1. The van der Waals surface area contributed by atoms with Gasteiger partial charge in [0.25, 0.3) is 5.91 Å². The van der Waals surface area contributed by atoms with Crippen molar-refractivity contribution >= 4 is 35.1 Å². The summed E-state index contributed by atoms with van der Waals surface area (Å²) in [6.45, 7) is 0. The first-order valence-corrected chi connectivity index (χ1v) is 7.50. The van der Waals surface area contributed by atoms with Gasteiger partial charge in [-0.3, -0.25) is 9.78 Å². The Hall–Kier alpha value is -2.11. The van der Waals surface area contributed by atoms with Gasteiger partial charge in [0.1, 0.15) is 6.04 Å². The van der Waals surface area contributed by atoms with Crippen LogP contribution in [0.3, 0.4) is 0 Å². The van der Waals surface area contributed by atoms with E-state index in [9.17, 15) is 9.59 Å². The van der Waals surface area contributed by atoms with Gasteiger partial charge in [0.15, 0.2) is 0 Å². The molecule has 0 bridgehead atoms. The first-order valence-electron chi connectivity index (χ1n) is 6.74. The van der Waals surface area contributed by atoms with Gasteiger partial charge >= 0.3 is 5.97 Å². The van der Waals surface area contributed by atoms with Crippen molar-refractivity contribution < 1.29 is 14.3 Å². The van der Waals surface area contributed by atoms with Crippen LogP contribution in [0.5, 0.6) is 0 Å². The number of amides is 1. The fourth-order valence-corrected chi connectivity index (χ4v) is 2.56. The molecular weight excluding hydrogens is 339 g/mol. The number of carbonyl (C=O) groups is 2. The third-order valence-electron chi connectivity index (χ3n) is 3.20. The second-order valence-corrected chi connectivity index (χ2v) is 5.50. The topological polar surface area (TPSA) is 68.3 Å². The summed E-state index contributed by atoms with van der Waals surface area (Å²) in [6, 6.07) is 7.23. The highest BCUT2D eigenvalue weighted by Gasteiger charge is 2.24. The predicted octanol–water partition coefficient (Wildman–Crippen LogP) is 2.90. The molecular formula is C16H14Cl2N2O3. The fourth-order valence-electron chi connectivity index (χ4n) is 2.01. The minimum Gasteiger partial charge on any atom is -0.467 e. The molecule has 7 heteroatoms. The van der Waals surface area contributed by atoms with Crippen molar-refractivity contribution in [2.45, 2.75) is 12.5 Å². The monoisotopic (exact) mass is 352 g/mol. The van der Waals surface area contributed by atoms with E-state index in [1.807, 2.05) is 0 Å². The summed E-state index contributed by atoms with van der Waals surface area (Å²) in [5.74, 6) is -0.991. The second-order valence-electron chi connectivity index (χ2n) is 4.69. The molecule has 1 aromatic carbocycles. The van der Waals surface area contributed by atoms with Crippen molar-refractivity contribution in [3.8, 4) is 0 Å². The van der Waals surface area contributed by atoms with Crippen molar-refractivity contribution in [2.24, 2.45) is 0 Å². The van der Waals surface area contributed by atoms with E-state index >= 15 is 0 Å². The van der Waals surface area contributed by atoms with Crippen molar-refractivity contribution in [2.75, 3.05) is 7.11 Å². The van der Waals surface area contributed by atoms with Gasteiger partial charge in [-0.05, 0) is 29.8 Å². The van der Waals surface area contributed by atoms with Crippen LogP contribution in [0.2, 0.25) is 10.0 Å². The number of methoxy groups -OCH3 is 1. The number of rotatable bonds is 5. The molecule has 0 fully saturated rings. The number of aromatic nitrogens is 1. The maximum absolute atomic E-state index is 12.2. The highest BCUT2D eigenvalue weighted by Crippen LogP contribution is 2.25. The molecule has 120 valence electrons. The van der Waals surface area contributed by atoms with E-state index in [4.69, 9.17) is 27.9 Å². The lowest BCUT2D eigenvalue weighted by Crippen LogP contribution is -2.43. The Morgan fingerprint density at radius 3 is 2.35 bits per heavy atom. The lowest BCUT2D eigenvalue weighted by atomic mass is 10.1. The van der Waals surface area contributed by atoms with Crippen LogP contribution in [0.4, 0.5) is 0 Å². The first kappa shape index (κ1) is 17.2. The molecule has 1 atom stereocenters. The standard InChI is InChI=1S/C16H14Cl2N2O3/c1-23-16(22)14(9-11-12(17)3-2-4-13(11)18)20-15(21)10-5-7-19-8-6-10/h2-8,14H,9H2,1H3,(H,20,21)/t14-/m0/s1. The zero-order valence-electron chi connectivity index (χ0n) is 12.3. The molecule has 0 saturated heterocycles. The maximum Gasteiger partial charge on any atom is 0.328 e. The number of hydrogen-bond acceptors (Lipinski definition) is 4. The van der Waals surface area contributed by atoms with E-state index in [1.165, 1.54) is 19.5 Å². The highest BCUT2D eigenvalue weighted by molar-refractivity contribution is 6.36. The van der Waals surface area contributed by atoms with Crippen LogP contribution >= 0.6 is 23.2 Å². The van der Waals surface area contributed by atoms with Crippen LogP contribution < -0.4 is 5.32 Å². The van der Waals surface area contributed by atoms with Crippen molar-refractivity contribution in [1.82, 2.24) is 10.3 Å². The Morgan fingerprint density at radius 2 is 1.78 bits per heavy atom. The molecule has 0 radical (unpaired) electrons.